The topological polar surface area (TPSA) is 64.8 Å². The molecule has 0 saturated carbocycles. The van der Waals surface area contributed by atoms with Crippen LogP contribution in [0.25, 0.3) is 0 Å². The Labute approximate surface area is 184 Å². The van der Waals surface area contributed by atoms with Crippen molar-refractivity contribution in [1.82, 2.24) is 29.7 Å². The van der Waals surface area contributed by atoms with Gasteiger partial charge in [-0.2, -0.15) is 0 Å². The minimum atomic E-state index is 0. The second kappa shape index (κ2) is 11.2. The molecule has 0 radical (unpaired) electrons. The predicted molar refractivity (Wildman–Crippen MR) is 124 cm³/mol. The van der Waals surface area contributed by atoms with E-state index < -0.39 is 0 Å². The molecule has 1 fully saturated rings. The number of piperazine rings is 1. The number of rotatable bonds is 6. The van der Waals surface area contributed by atoms with Gasteiger partial charge in [-0.1, -0.05) is 0 Å². The van der Waals surface area contributed by atoms with Crippen LogP contribution < -0.4 is 10.2 Å². The Morgan fingerprint density at radius 2 is 1.89 bits per heavy atom. The molecule has 1 aliphatic rings. The van der Waals surface area contributed by atoms with Crippen molar-refractivity contribution in [2.45, 2.75) is 6.54 Å². The number of aromatic nitrogens is 3. The summed E-state index contributed by atoms with van der Waals surface area (Å²) >= 11 is 0. The zero-order valence-electron chi connectivity index (χ0n) is 17.0. The molecule has 28 heavy (non-hydrogen) atoms. The first-order chi connectivity index (χ1) is 13.2. The van der Waals surface area contributed by atoms with Crippen molar-refractivity contribution in [2.75, 3.05) is 58.3 Å². The summed E-state index contributed by atoms with van der Waals surface area (Å²) in [7, 11) is 5.98. The van der Waals surface area contributed by atoms with Gasteiger partial charge in [-0.15, -0.1) is 24.0 Å². The van der Waals surface area contributed by atoms with Crippen molar-refractivity contribution in [3.63, 3.8) is 0 Å². The molecule has 0 spiro atoms. The maximum Gasteiger partial charge on any atom is 0.225 e. The van der Waals surface area contributed by atoms with Gasteiger partial charge in [0.25, 0.3) is 0 Å². The fourth-order valence-corrected chi connectivity index (χ4v) is 3.32. The molecule has 0 unspecified atom stereocenters. The van der Waals surface area contributed by atoms with Gasteiger partial charge in [-0.3, -0.25) is 9.89 Å². The molecular formula is C19H31IN8. The summed E-state index contributed by atoms with van der Waals surface area (Å²) in [4.78, 5) is 20.0. The van der Waals surface area contributed by atoms with Crippen LogP contribution in [0.5, 0.6) is 0 Å². The molecule has 0 aromatic carbocycles. The number of anilines is 1. The molecule has 1 aliphatic heterocycles. The molecule has 3 rings (SSSR count). The standard InChI is InChI=1S/C19H30N8.HI/c1-20-18(25(3)16-17-6-4-10-24(17)2)23-9-11-26-12-14-27(15-13-26)19-21-7-5-8-22-19;/h4-8,10H,9,11-16H2,1-3H3,(H,20,23);1H. The quantitative estimate of drug-likeness (QED) is 0.368. The van der Waals surface area contributed by atoms with Crippen LogP contribution in [0, 0.1) is 0 Å². The minimum Gasteiger partial charge on any atom is -0.355 e. The van der Waals surface area contributed by atoms with Crippen LogP contribution in [0.15, 0.2) is 41.8 Å². The molecule has 3 heterocycles. The van der Waals surface area contributed by atoms with E-state index in [4.69, 9.17) is 0 Å². The summed E-state index contributed by atoms with van der Waals surface area (Å²) < 4.78 is 2.14. The number of halogens is 1. The molecular weight excluding hydrogens is 467 g/mol. The highest BCUT2D eigenvalue weighted by Crippen LogP contribution is 2.09. The van der Waals surface area contributed by atoms with Crippen LogP contribution in [-0.4, -0.2) is 83.7 Å². The number of aryl methyl sites for hydroxylation is 1. The second-order valence-electron chi connectivity index (χ2n) is 6.82. The number of nitrogens with one attached hydrogen (secondary N) is 1. The molecule has 9 heteroatoms. The zero-order chi connectivity index (χ0) is 19.1. The molecule has 2 aromatic heterocycles. The molecule has 1 saturated heterocycles. The fraction of sp³-hybridized carbons (Fsp3) is 0.526. The third-order valence-corrected chi connectivity index (χ3v) is 4.94. The van der Waals surface area contributed by atoms with E-state index in [1.165, 1.54) is 5.69 Å². The van der Waals surface area contributed by atoms with Gasteiger partial charge in [0.05, 0.1) is 6.54 Å². The largest absolute Gasteiger partial charge is 0.355 e. The number of aliphatic imine (C=N–C) groups is 1. The van der Waals surface area contributed by atoms with Gasteiger partial charge >= 0.3 is 0 Å². The van der Waals surface area contributed by atoms with E-state index in [0.29, 0.717) is 0 Å². The molecule has 0 amide bonds. The number of guanidine groups is 1. The molecule has 0 aliphatic carbocycles. The van der Waals surface area contributed by atoms with Crippen LogP contribution in [0.2, 0.25) is 0 Å². The highest BCUT2D eigenvalue weighted by Gasteiger charge is 2.18. The zero-order valence-corrected chi connectivity index (χ0v) is 19.3. The molecule has 0 bridgehead atoms. The molecule has 1 N–H and O–H groups in total. The van der Waals surface area contributed by atoms with E-state index in [-0.39, 0.29) is 24.0 Å². The van der Waals surface area contributed by atoms with E-state index in [1.54, 1.807) is 12.4 Å². The first-order valence-electron chi connectivity index (χ1n) is 9.43. The van der Waals surface area contributed by atoms with Gasteiger partial charge in [-0.05, 0) is 18.2 Å². The van der Waals surface area contributed by atoms with Crippen molar-refractivity contribution < 1.29 is 0 Å². The van der Waals surface area contributed by atoms with Crippen LogP contribution in [0.4, 0.5) is 5.95 Å². The summed E-state index contributed by atoms with van der Waals surface area (Å²) in [6.07, 6.45) is 5.67. The Morgan fingerprint density at radius 3 is 2.50 bits per heavy atom. The average Bonchev–Trinajstić information content (AvgIpc) is 3.11. The van der Waals surface area contributed by atoms with E-state index in [1.807, 2.05) is 13.1 Å². The van der Waals surface area contributed by atoms with Gasteiger partial charge in [-0.25, -0.2) is 9.97 Å². The molecule has 0 atom stereocenters. The Bertz CT molecular complexity index is 725. The lowest BCUT2D eigenvalue weighted by atomic mass is 10.3. The molecule has 2 aromatic rings. The summed E-state index contributed by atoms with van der Waals surface area (Å²) in [6.45, 7) is 6.69. The molecule has 8 nitrogen and oxygen atoms in total. The van der Waals surface area contributed by atoms with Crippen LogP contribution in [0.3, 0.4) is 0 Å². The van der Waals surface area contributed by atoms with E-state index in [0.717, 1.165) is 57.7 Å². The Kier molecular flexibility index (Phi) is 8.97. The van der Waals surface area contributed by atoms with Crippen molar-refractivity contribution in [2.24, 2.45) is 12.0 Å². The fourth-order valence-electron chi connectivity index (χ4n) is 3.32. The highest BCUT2D eigenvalue weighted by molar-refractivity contribution is 14.0. The summed E-state index contributed by atoms with van der Waals surface area (Å²) in [6, 6.07) is 6.06. The van der Waals surface area contributed by atoms with Crippen LogP contribution in [-0.2, 0) is 13.6 Å². The first-order valence-corrected chi connectivity index (χ1v) is 9.43. The summed E-state index contributed by atoms with van der Waals surface area (Å²) in [5.74, 6) is 1.76. The smallest absolute Gasteiger partial charge is 0.225 e. The number of hydrogen-bond acceptors (Lipinski definition) is 5. The number of nitrogens with zero attached hydrogens (tertiary/aromatic N) is 7. The normalized spacial score (nSPS) is 15.2. The van der Waals surface area contributed by atoms with Crippen LogP contribution >= 0.6 is 24.0 Å². The maximum absolute atomic E-state index is 4.41. The lowest BCUT2D eigenvalue weighted by Gasteiger charge is -2.34. The second-order valence-corrected chi connectivity index (χ2v) is 6.82. The van der Waals surface area contributed by atoms with Gasteiger partial charge < -0.3 is 19.7 Å². The first kappa shape index (κ1) is 22.4. The van der Waals surface area contributed by atoms with Gasteiger partial charge in [0.1, 0.15) is 0 Å². The van der Waals surface area contributed by atoms with Crippen molar-refractivity contribution >= 4 is 35.9 Å². The van der Waals surface area contributed by atoms with Crippen molar-refractivity contribution in [3.8, 4) is 0 Å². The summed E-state index contributed by atoms with van der Waals surface area (Å²) in [5.41, 5.74) is 1.26. The Hall–Kier alpha value is -1.88. The van der Waals surface area contributed by atoms with Gasteiger partial charge in [0.15, 0.2) is 5.96 Å². The summed E-state index contributed by atoms with van der Waals surface area (Å²) in [5, 5.41) is 3.48. The third kappa shape index (κ3) is 6.06. The highest BCUT2D eigenvalue weighted by atomic mass is 127. The Balaban J connectivity index is 0.00000280. The third-order valence-electron chi connectivity index (χ3n) is 4.94. The van der Waals surface area contributed by atoms with Crippen molar-refractivity contribution in [1.29, 1.82) is 0 Å². The maximum atomic E-state index is 4.41. The predicted octanol–water partition coefficient (Wildman–Crippen LogP) is 1.26. The number of hydrogen-bond donors (Lipinski definition) is 1. The Morgan fingerprint density at radius 1 is 1.18 bits per heavy atom. The minimum absolute atomic E-state index is 0. The van der Waals surface area contributed by atoms with E-state index in [9.17, 15) is 0 Å². The lowest BCUT2D eigenvalue weighted by Crippen LogP contribution is -2.49. The van der Waals surface area contributed by atoms with E-state index >= 15 is 0 Å². The van der Waals surface area contributed by atoms with E-state index in [2.05, 4.69) is 72.0 Å². The monoisotopic (exact) mass is 498 g/mol. The van der Waals surface area contributed by atoms with Crippen LogP contribution in [0.1, 0.15) is 5.69 Å². The van der Waals surface area contributed by atoms with Gasteiger partial charge in [0, 0.05) is 84.7 Å². The molecule has 154 valence electrons. The van der Waals surface area contributed by atoms with Crippen molar-refractivity contribution in [3.05, 3.63) is 42.5 Å². The lowest BCUT2D eigenvalue weighted by molar-refractivity contribution is 0.259. The SMILES string of the molecule is CN=C(NCCN1CCN(c2ncccn2)CC1)N(C)Cc1cccn1C.I. The van der Waals surface area contributed by atoms with Gasteiger partial charge in [0.2, 0.25) is 5.95 Å². The average molecular weight is 498 g/mol.